The largest absolute Gasteiger partial charge is 0.449 e. The van der Waals surface area contributed by atoms with Gasteiger partial charge in [-0.1, -0.05) is 42.4 Å². The van der Waals surface area contributed by atoms with Gasteiger partial charge in [0.05, 0.1) is 0 Å². The fourth-order valence-corrected chi connectivity index (χ4v) is 0.759. The average molecular weight is 132 g/mol. The molecule has 0 saturated heterocycles. The molecule has 0 saturated carbocycles. The normalized spacial score (nSPS) is 8.90. The van der Waals surface area contributed by atoms with Crippen LogP contribution < -0.4 is 5.46 Å². The Morgan fingerprint density at radius 3 is 2.30 bits per heavy atom. The van der Waals surface area contributed by atoms with E-state index in [0.29, 0.717) is 0 Å². The van der Waals surface area contributed by atoms with Gasteiger partial charge in [-0.25, -0.2) is 0 Å². The standard InChI is InChI=1S/C8H9BO/c1-2-7-3-5-8(9-10)6-4-7/h2-6,9-10H,1H2. The third-order valence-corrected chi connectivity index (χ3v) is 1.40. The summed E-state index contributed by atoms with van der Waals surface area (Å²) < 4.78 is 0. The lowest BCUT2D eigenvalue weighted by atomic mass is 9.88. The monoisotopic (exact) mass is 132 g/mol. The van der Waals surface area contributed by atoms with Gasteiger partial charge in [0.25, 0.3) is 0 Å². The number of hydrogen-bond acceptors (Lipinski definition) is 1. The Hall–Kier alpha value is -1.02. The highest BCUT2D eigenvalue weighted by molar-refractivity contribution is 6.45. The van der Waals surface area contributed by atoms with Gasteiger partial charge in [0.1, 0.15) is 0 Å². The maximum atomic E-state index is 8.68. The van der Waals surface area contributed by atoms with Gasteiger partial charge in [0.2, 0.25) is 0 Å². The van der Waals surface area contributed by atoms with E-state index >= 15 is 0 Å². The maximum absolute atomic E-state index is 8.68. The molecule has 1 N–H and O–H groups in total. The second-order valence-electron chi connectivity index (χ2n) is 2.10. The predicted octanol–water partition coefficient (Wildman–Crippen LogP) is 0.299. The minimum absolute atomic E-state index is 0.109. The number of benzene rings is 1. The molecule has 0 heterocycles. The molecule has 0 amide bonds. The van der Waals surface area contributed by atoms with Gasteiger partial charge in [-0.2, -0.15) is 0 Å². The van der Waals surface area contributed by atoms with Gasteiger partial charge in [-0.05, 0) is 5.56 Å². The number of hydrogen-bond donors (Lipinski definition) is 1. The lowest BCUT2D eigenvalue weighted by molar-refractivity contribution is 0.615. The zero-order valence-corrected chi connectivity index (χ0v) is 5.75. The predicted molar refractivity (Wildman–Crippen MR) is 45.5 cm³/mol. The second kappa shape index (κ2) is 3.23. The topological polar surface area (TPSA) is 20.2 Å². The Morgan fingerprint density at radius 1 is 1.30 bits per heavy atom. The molecule has 0 bridgehead atoms. The summed E-state index contributed by atoms with van der Waals surface area (Å²) in [4.78, 5) is 0. The molecule has 1 rings (SSSR count). The summed E-state index contributed by atoms with van der Waals surface area (Å²) >= 11 is 0. The van der Waals surface area contributed by atoms with Gasteiger partial charge < -0.3 is 5.02 Å². The summed E-state index contributed by atoms with van der Waals surface area (Å²) in [7, 11) is 0.109. The molecule has 0 unspecified atom stereocenters. The average Bonchev–Trinajstić information content (AvgIpc) is 2.05. The first kappa shape index (κ1) is 7.10. The van der Waals surface area contributed by atoms with E-state index in [0.717, 1.165) is 11.0 Å². The molecule has 0 radical (unpaired) electrons. The van der Waals surface area contributed by atoms with Crippen molar-refractivity contribution in [3.8, 4) is 0 Å². The van der Waals surface area contributed by atoms with Crippen molar-refractivity contribution in [1.82, 2.24) is 0 Å². The van der Waals surface area contributed by atoms with E-state index in [-0.39, 0.29) is 7.48 Å². The SMILES string of the molecule is C=Cc1ccc(BO)cc1. The van der Waals surface area contributed by atoms with E-state index in [1.54, 1.807) is 6.08 Å². The summed E-state index contributed by atoms with van der Waals surface area (Å²) in [5, 5.41) is 8.68. The van der Waals surface area contributed by atoms with Crippen molar-refractivity contribution in [2.45, 2.75) is 0 Å². The minimum atomic E-state index is 0.109. The molecule has 1 aromatic carbocycles. The third-order valence-electron chi connectivity index (χ3n) is 1.40. The van der Waals surface area contributed by atoms with Gasteiger partial charge in [-0.3, -0.25) is 0 Å². The summed E-state index contributed by atoms with van der Waals surface area (Å²) in [5.41, 5.74) is 2.02. The van der Waals surface area contributed by atoms with Crippen molar-refractivity contribution in [2.24, 2.45) is 0 Å². The van der Waals surface area contributed by atoms with Crippen LogP contribution in [0.15, 0.2) is 30.8 Å². The zero-order chi connectivity index (χ0) is 7.40. The Morgan fingerprint density at radius 2 is 1.90 bits per heavy atom. The van der Waals surface area contributed by atoms with Crippen LogP contribution in [0.2, 0.25) is 0 Å². The van der Waals surface area contributed by atoms with Crippen LogP contribution in [-0.2, 0) is 0 Å². The highest BCUT2D eigenvalue weighted by Crippen LogP contribution is 1.96. The van der Waals surface area contributed by atoms with Crippen LogP contribution in [0.4, 0.5) is 0 Å². The molecule has 2 heteroatoms. The van der Waals surface area contributed by atoms with Gasteiger partial charge in [0.15, 0.2) is 0 Å². The molecular formula is C8H9BO. The van der Waals surface area contributed by atoms with Crippen molar-refractivity contribution in [1.29, 1.82) is 0 Å². The van der Waals surface area contributed by atoms with Gasteiger partial charge in [-0.15, -0.1) is 0 Å². The summed E-state index contributed by atoms with van der Waals surface area (Å²) in [6, 6.07) is 7.63. The highest BCUT2D eigenvalue weighted by Gasteiger charge is 1.89. The van der Waals surface area contributed by atoms with Crippen LogP contribution >= 0.6 is 0 Å². The van der Waals surface area contributed by atoms with E-state index in [1.807, 2.05) is 24.3 Å². The smallest absolute Gasteiger partial charge is 0.304 e. The molecule has 0 atom stereocenters. The van der Waals surface area contributed by atoms with Crippen LogP contribution in [0, 0.1) is 0 Å². The van der Waals surface area contributed by atoms with Crippen molar-refractivity contribution >= 4 is 19.0 Å². The van der Waals surface area contributed by atoms with Crippen molar-refractivity contribution in [3.05, 3.63) is 36.4 Å². The van der Waals surface area contributed by atoms with E-state index in [1.165, 1.54) is 0 Å². The van der Waals surface area contributed by atoms with E-state index in [2.05, 4.69) is 6.58 Å². The second-order valence-corrected chi connectivity index (χ2v) is 2.10. The lowest BCUT2D eigenvalue weighted by Gasteiger charge is -1.93. The van der Waals surface area contributed by atoms with Gasteiger partial charge in [0, 0.05) is 0 Å². The fraction of sp³-hybridized carbons (Fsp3) is 0. The van der Waals surface area contributed by atoms with Crippen LogP contribution in [0.3, 0.4) is 0 Å². The van der Waals surface area contributed by atoms with Crippen molar-refractivity contribution in [3.63, 3.8) is 0 Å². The first-order valence-electron chi connectivity index (χ1n) is 3.19. The Kier molecular flexibility index (Phi) is 2.29. The van der Waals surface area contributed by atoms with Crippen LogP contribution in [0.5, 0.6) is 0 Å². The number of rotatable bonds is 2. The van der Waals surface area contributed by atoms with Gasteiger partial charge >= 0.3 is 7.48 Å². The van der Waals surface area contributed by atoms with Crippen molar-refractivity contribution in [2.75, 3.05) is 0 Å². The Bertz CT molecular complexity index is 215. The molecule has 10 heavy (non-hydrogen) atoms. The molecule has 0 aliphatic rings. The molecule has 1 nitrogen and oxygen atoms in total. The zero-order valence-electron chi connectivity index (χ0n) is 5.75. The van der Waals surface area contributed by atoms with Crippen LogP contribution in [0.25, 0.3) is 6.08 Å². The molecule has 50 valence electrons. The minimum Gasteiger partial charge on any atom is -0.449 e. The molecule has 0 fully saturated rings. The van der Waals surface area contributed by atoms with E-state index < -0.39 is 0 Å². The maximum Gasteiger partial charge on any atom is 0.304 e. The molecule has 0 aliphatic heterocycles. The Balaban J connectivity index is 2.90. The molecular weight excluding hydrogens is 123 g/mol. The van der Waals surface area contributed by atoms with E-state index in [4.69, 9.17) is 5.02 Å². The third kappa shape index (κ3) is 1.48. The lowest BCUT2D eigenvalue weighted by Crippen LogP contribution is -2.11. The summed E-state index contributed by atoms with van der Waals surface area (Å²) in [6.07, 6.45) is 1.78. The highest BCUT2D eigenvalue weighted by atomic mass is 16.2. The molecule has 0 aliphatic carbocycles. The first-order chi connectivity index (χ1) is 4.86. The first-order valence-corrected chi connectivity index (χ1v) is 3.19. The fourth-order valence-electron chi connectivity index (χ4n) is 0.759. The molecule has 0 spiro atoms. The molecule has 0 aromatic heterocycles. The van der Waals surface area contributed by atoms with Crippen LogP contribution in [0.1, 0.15) is 5.56 Å². The van der Waals surface area contributed by atoms with E-state index in [9.17, 15) is 0 Å². The van der Waals surface area contributed by atoms with Crippen LogP contribution in [-0.4, -0.2) is 12.5 Å². The Labute approximate surface area is 61.3 Å². The summed E-state index contributed by atoms with van der Waals surface area (Å²) in [6.45, 7) is 3.62. The van der Waals surface area contributed by atoms with Crippen molar-refractivity contribution < 1.29 is 5.02 Å². The quantitative estimate of drug-likeness (QED) is 0.573. The summed E-state index contributed by atoms with van der Waals surface area (Å²) in [5.74, 6) is 0. The molecule has 1 aromatic rings.